The molecule has 122 valence electrons. The van der Waals surface area contributed by atoms with Gasteiger partial charge in [-0.25, -0.2) is 9.97 Å². The molecule has 0 spiro atoms. The maximum atomic E-state index is 12.0. The maximum Gasteiger partial charge on any atom is 0.230 e. The first-order valence-corrected chi connectivity index (χ1v) is 9.50. The molecule has 0 aliphatic carbocycles. The highest BCUT2D eigenvalue weighted by Crippen LogP contribution is 2.13. The summed E-state index contributed by atoms with van der Waals surface area (Å²) in [6.45, 7) is 4.18. The molecule has 2 rings (SSSR count). The van der Waals surface area contributed by atoms with Crippen LogP contribution >= 0.6 is 11.8 Å². The predicted octanol–water partition coefficient (Wildman–Crippen LogP) is 2.11. The van der Waals surface area contributed by atoms with E-state index in [1.165, 1.54) is 11.8 Å². The molecule has 0 fully saturated rings. The smallest absolute Gasteiger partial charge is 0.230 e. The van der Waals surface area contributed by atoms with Gasteiger partial charge < -0.3 is 5.32 Å². The van der Waals surface area contributed by atoms with E-state index in [0.29, 0.717) is 17.5 Å². The number of thioether (sulfide) groups is 1. The highest BCUT2D eigenvalue weighted by Gasteiger charge is 2.07. The van der Waals surface area contributed by atoms with Gasteiger partial charge in [-0.2, -0.15) is 0 Å². The van der Waals surface area contributed by atoms with Crippen molar-refractivity contribution in [3.8, 4) is 0 Å². The average molecular weight is 349 g/mol. The Kier molecular flexibility index (Phi) is 6.73. The van der Waals surface area contributed by atoms with Crippen molar-refractivity contribution in [3.05, 3.63) is 47.8 Å². The first-order valence-electron chi connectivity index (χ1n) is 7.20. The molecule has 0 radical (unpaired) electrons. The number of aryl methyl sites for hydroxylation is 2. The Morgan fingerprint density at radius 1 is 1.17 bits per heavy atom. The van der Waals surface area contributed by atoms with Crippen LogP contribution in [0.5, 0.6) is 0 Å². The monoisotopic (exact) mass is 349 g/mol. The van der Waals surface area contributed by atoms with Gasteiger partial charge in [-0.1, -0.05) is 30.0 Å². The zero-order valence-electron chi connectivity index (χ0n) is 13.1. The van der Waals surface area contributed by atoms with Gasteiger partial charge in [0.15, 0.2) is 5.16 Å². The van der Waals surface area contributed by atoms with Crippen LogP contribution in [-0.2, 0) is 15.6 Å². The SMILES string of the molecule is Cc1cc(C)nc(SCC(=O)NCC[S@](=O)c2ccccc2)n1. The second-order valence-corrected chi connectivity index (χ2v) is 7.45. The van der Waals surface area contributed by atoms with Crippen LogP contribution in [0.2, 0.25) is 0 Å². The Hall–Kier alpha value is -1.73. The van der Waals surface area contributed by atoms with E-state index in [1.54, 1.807) is 0 Å². The highest BCUT2D eigenvalue weighted by molar-refractivity contribution is 7.99. The van der Waals surface area contributed by atoms with Crippen LogP contribution in [0.4, 0.5) is 0 Å². The van der Waals surface area contributed by atoms with E-state index in [4.69, 9.17) is 0 Å². The van der Waals surface area contributed by atoms with E-state index < -0.39 is 10.8 Å². The number of amides is 1. The van der Waals surface area contributed by atoms with Crippen molar-refractivity contribution in [2.24, 2.45) is 0 Å². The molecule has 23 heavy (non-hydrogen) atoms. The summed E-state index contributed by atoms with van der Waals surface area (Å²) < 4.78 is 12.0. The van der Waals surface area contributed by atoms with Crippen molar-refractivity contribution in [3.63, 3.8) is 0 Å². The van der Waals surface area contributed by atoms with Crippen molar-refractivity contribution in [2.45, 2.75) is 23.9 Å². The number of benzene rings is 1. The largest absolute Gasteiger partial charge is 0.354 e. The Morgan fingerprint density at radius 2 is 1.83 bits per heavy atom. The molecule has 1 aromatic carbocycles. The van der Waals surface area contributed by atoms with Crippen LogP contribution in [0.25, 0.3) is 0 Å². The zero-order valence-corrected chi connectivity index (χ0v) is 14.7. The quantitative estimate of drug-likeness (QED) is 0.612. The molecule has 1 N–H and O–H groups in total. The fourth-order valence-corrected chi connectivity index (χ4v) is 3.68. The summed E-state index contributed by atoms with van der Waals surface area (Å²) in [5, 5.41) is 3.38. The molecule has 1 aromatic heterocycles. The van der Waals surface area contributed by atoms with Crippen LogP contribution in [-0.4, -0.2) is 38.1 Å². The molecule has 1 heterocycles. The lowest BCUT2D eigenvalue weighted by molar-refractivity contribution is -0.118. The third-order valence-corrected chi connectivity index (χ3v) is 5.13. The van der Waals surface area contributed by atoms with Crippen molar-refractivity contribution >= 4 is 28.5 Å². The lowest BCUT2D eigenvalue weighted by Gasteiger charge is -2.06. The van der Waals surface area contributed by atoms with E-state index in [9.17, 15) is 9.00 Å². The standard InChI is InChI=1S/C16H19N3O2S2/c1-12-10-13(2)19-16(18-12)22-11-15(20)17-8-9-23(21)14-6-4-3-5-7-14/h3-7,10H,8-9,11H2,1-2H3,(H,17,20)/t23-/m0/s1. The van der Waals surface area contributed by atoms with E-state index in [-0.39, 0.29) is 11.7 Å². The van der Waals surface area contributed by atoms with Crippen LogP contribution < -0.4 is 5.32 Å². The molecule has 5 nitrogen and oxygen atoms in total. The molecule has 1 atom stereocenters. The normalized spacial score (nSPS) is 11.9. The molecule has 0 saturated carbocycles. The predicted molar refractivity (Wildman–Crippen MR) is 93.0 cm³/mol. The van der Waals surface area contributed by atoms with Gasteiger partial charge in [0, 0.05) is 28.6 Å². The van der Waals surface area contributed by atoms with Crippen LogP contribution in [0.15, 0.2) is 46.5 Å². The maximum absolute atomic E-state index is 12.0. The third kappa shape index (κ3) is 6.11. The molecule has 0 unspecified atom stereocenters. The lowest BCUT2D eigenvalue weighted by atomic mass is 10.4. The first-order chi connectivity index (χ1) is 11.0. The Balaban J connectivity index is 1.72. The van der Waals surface area contributed by atoms with Crippen molar-refractivity contribution in [1.82, 2.24) is 15.3 Å². The van der Waals surface area contributed by atoms with Crippen molar-refractivity contribution < 1.29 is 9.00 Å². The number of rotatable bonds is 7. The van der Waals surface area contributed by atoms with Crippen LogP contribution in [0, 0.1) is 13.8 Å². The lowest BCUT2D eigenvalue weighted by Crippen LogP contribution is -2.29. The van der Waals surface area contributed by atoms with Gasteiger partial charge in [-0.15, -0.1) is 0 Å². The second kappa shape index (κ2) is 8.79. The topological polar surface area (TPSA) is 72.0 Å². The third-order valence-electron chi connectivity index (χ3n) is 2.91. The summed E-state index contributed by atoms with van der Waals surface area (Å²) in [7, 11) is -1.09. The Morgan fingerprint density at radius 3 is 2.48 bits per heavy atom. The summed E-state index contributed by atoms with van der Waals surface area (Å²) >= 11 is 1.30. The Labute approximate surface area is 142 Å². The first kappa shape index (κ1) is 17.6. The van der Waals surface area contributed by atoms with Crippen LogP contribution in [0.3, 0.4) is 0 Å². The Bertz CT molecular complexity index is 673. The molecular formula is C16H19N3O2S2. The summed E-state index contributed by atoms with van der Waals surface area (Å²) in [6.07, 6.45) is 0. The van der Waals surface area contributed by atoms with Gasteiger partial charge in [0.25, 0.3) is 0 Å². The number of nitrogens with zero attached hydrogens (tertiary/aromatic N) is 2. The average Bonchev–Trinajstić information content (AvgIpc) is 2.53. The number of carbonyl (C=O) groups is 1. The number of aromatic nitrogens is 2. The summed E-state index contributed by atoms with van der Waals surface area (Å²) in [5.74, 6) is 0.546. The molecule has 1 amide bonds. The van der Waals surface area contributed by atoms with Crippen molar-refractivity contribution in [1.29, 1.82) is 0 Å². The molecule has 0 aliphatic heterocycles. The molecule has 7 heteroatoms. The number of hydrogen-bond acceptors (Lipinski definition) is 5. The zero-order chi connectivity index (χ0) is 16.7. The van der Waals surface area contributed by atoms with Gasteiger partial charge in [0.05, 0.1) is 16.6 Å². The number of carbonyl (C=O) groups excluding carboxylic acids is 1. The molecular weight excluding hydrogens is 330 g/mol. The number of hydrogen-bond donors (Lipinski definition) is 1. The summed E-state index contributed by atoms with van der Waals surface area (Å²) in [5.41, 5.74) is 1.78. The van der Waals surface area contributed by atoms with Gasteiger partial charge in [-0.3, -0.25) is 9.00 Å². The molecule has 0 saturated heterocycles. The molecule has 0 aliphatic rings. The van der Waals surface area contributed by atoms with Crippen LogP contribution in [0.1, 0.15) is 11.4 Å². The molecule has 2 aromatic rings. The summed E-state index contributed by atoms with van der Waals surface area (Å²) in [4.78, 5) is 21.2. The van der Waals surface area contributed by atoms with Gasteiger partial charge in [-0.05, 0) is 32.0 Å². The second-order valence-electron chi connectivity index (χ2n) is 4.93. The van der Waals surface area contributed by atoms with E-state index in [1.807, 2.05) is 50.2 Å². The fraction of sp³-hybridized carbons (Fsp3) is 0.312. The van der Waals surface area contributed by atoms with Gasteiger partial charge >= 0.3 is 0 Å². The van der Waals surface area contributed by atoms with Gasteiger partial charge in [0.1, 0.15) is 0 Å². The number of nitrogens with one attached hydrogen (secondary N) is 1. The minimum absolute atomic E-state index is 0.108. The minimum Gasteiger partial charge on any atom is -0.354 e. The van der Waals surface area contributed by atoms with E-state index in [0.717, 1.165) is 16.3 Å². The highest BCUT2D eigenvalue weighted by atomic mass is 32.2. The van der Waals surface area contributed by atoms with E-state index >= 15 is 0 Å². The summed E-state index contributed by atoms with van der Waals surface area (Å²) in [6, 6.07) is 11.1. The van der Waals surface area contributed by atoms with Gasteiger partial charge in [0.2, 0.25) is 5.91 Å². The van der Waals surface area contributed by atoms with Crippen molar-refractivity contribution in [2.75, 3.05) is 18.1 Å². The fourth-order valence-electron chi connectivity index (χ4n) is 1.91. The van der Waals surface area contributed by atoms with E-state index in [2.05, 4.69) is 15.3 Å². The minimum atomic E-state index is -1.09. The molecule has 0 bridgehead atoms.